The first-order valence-electron chi connectivity index (χ1n) is 7.57. The van der Waals surface area contributed by atoms with Gasteiger partial charge in [0, 0.05) is 20.1 Å². The van der Waals surface area contributed by atoms with Gasteiger partial charge in [-0.15, -0.1) is 0 Å². The van der Waals surface area contributed by atoms with E-state index in [0.717, 1.165) is 31.3 Å². The highest BCUT2D eigenvalue weighted by Gasteiger charge is 2.34. The summed E-state index contributed by atoms with van der Waals surface area (Å²) >= 11 is 13.1. The quantitative estimate of drug-likeness (QED) is 0.458. The number of nitrogens with zero attached hydrogens (tertiary/aromatic N) is 1. The summed E-state index contributed by atoms with van der Waals surface area (Å²) in [6.07, 6.45) is 1.69. The molecule has 27 heavy (non-hydrogen) atoms. The molecule has 0 unspecified atom stereocenters. The van der Waals surface area contributed by atoms with Crippen LogP contribution in [0.2, 0.25) is 0 Å². The van der Waals surface area contributed by atoms with Crippen molar-refractivity contribution in [3.63, 3.8) is 0 Å². The highest BCUT2D eigenvalue weighted by atomic mass is 79.9. The van der Waals surface area contributed by atoms with Gasteiger partial charge in [0.15, 0.2) is 4.32 Å². The molecule has 0 aromatic heterocycles. The summed E-state index contributed by atoms with van der Waals surface area (Å²) in [7, 11) is 1.56. The van der Waals surface area contributed by atoms with Crippen LogP contribution >= 0.6 is 55.8 Å². The van der Waals surface area contributed by atoms with Crippen LogP contribution in [0, 0.1) is 0 Å². The van der Waals surface area contributed by atoms with E-state index in [4.69, 9.17) is 17.0 Å². The SMILES string of the molecule is COc1ccc(Br)cc1/C=C1/SC(=S)N(NC(=O)c2ccc(Br)cc2)C1=O. The van der Waals surface area contributed by atoms with E-state index < -0.39 is 11.8 Å². The fourth-order valence-corrected chi connectivity index (χ4v) is 4.10. The average Bonchev–Trinajstić information content (AvgIpc) is 2.90. The van der Waals surface area contributed by atoms with Crippen molar-refractivity contribution in [1.29, 1.82) is 0 Å². The highest BCUT2D eigenvalue weighted by molar-refractivity contribution is 9.10. The minimum atomic E-state index is -0.417. The van der Waals surface area contributed by atoms with Gasteiger partial charge in [0.25, 0.3) is 11.8 Å². The maximum atomic E-state index is 12.7. The van der Waals surface area contributed by atoms with Gasteiger partial charge >= 0.3 is 0 Å². The minimum Gasteiger partial charge on any atom is -0.496 e. The molecule has 9 heteroatoms. The molecule has 2 aromatic carbocycles. The average molecular weight is 528 g/mol. The van der Waals surface area contributed by atoms with E-state index in [0.29, 0.717) is 16.2 Å². The third-order valence-corrected chi connectivity index (χ3v) is 5.92. The van der Waals surface area contributed by atoms with E-state index in [-0.39, 0.29) is 4.32 Å². The van der Waals surface area contributed by atoms with Crippen molar-refractivity contribution in [2.75, 3.05) is 7.11 Å². The number of carbonyl (C=O) groups is 2. The summed E-state index contributed by atoms with van der Waals surface area (Å²) < 4.78 is 7.29. The smallest absolute Gasteiger partial charge is 0.285 e. The number of thiocarbonyl (C=S) groups is 1. The Morgan fingerprint density at radius 2 is 1.85 bits per heavy atom. The fraction of sp³-hybridized carbons (Fsp3) is 0.0556. The number of ether oxygens (including phenoxy) is 1. The van der Waals surface area contributed by atoms with Crippen molar-refractivity contribution >= 4 is 78.1 Å². The zero-order valence-electron chi connectivity index (χ0n) is 13.9. The largest absolute Gasteiger partial charge is 0.496 e. The molecule has 0 bridgehead atoms. The van der Waals surface area contributed by atoms with Crippen molar-refractivity contribution in [3.05, 3.63) is 67.4 Å². The Hall–Kier alpha value is -1.68. The maximum Gasteiger partial charge on any atom is 0.285 e. The molecule has 2 aromatic rings. The lowest BCUT2D eigenvalue weighted by Gasteiger charge is -2.15. The number of nitrogens with one attached hydrogen (secondary N) is 1. The van der Waals surface area contributed by atoms with E-state index in [9.17, 15) is 9.59 Å². The molecular weight excluding hydrogens is 516 g/mol. The van der Waals surface area contributed by atoms with E-state index >= 15 is 0 Å². The summed E-state index contributed by atoms with van der Waals surface area (Å²) in [4.78, 5) is 25.5. The molecule has 0 atom stereocenters. The lowest BCUT2D eigenvalue weighted by Crippen LogP contribution is -2.44. The van der Waals surface area contributed by atoms with Crippen LogP contribution in [0.25, 0.3) is 6.08 Å². The van der Waals surface area contributed by atoms with Crippen molar-refractivity contribution in [1.82, 2.24) is 10.4 Å². The van der Waals surface area contributed by atoms with Gasteiger partial charge in [-0.2, -0.15) is 5.01 Å². The fourth-order valence-electron chi connectivity index (χ4n) is 2.29. The van der Waals surface area contributed by atoms with E-state index in [1.807, 2.05) is 12.1 Å². The number of benzene rings is 2. The number of hydrogen-bond acceptors (Lipinski definition) is 5. The van der Waals surface area contributed by atoms with Gasteiger partial charge in [-0.25, -0.2) is 0 Å². The Kier molecular flexibility index (Phi) is 6.36. The van der Waals surface area contributed by atoms with Gasteiger partial charge < -0.3 is 4.74 Å². The number of hydrazine groups is 1. The second-order valence-corrected chi connectivity index (χ2v) is 8.86. The van der Waals surface area contributed by atoms with Crippen LogP contribution in [0.3, 0.4) is 0 Å². The van der Waals surface area contributed by atoms with Crippen LogP contribution in [0.4, 0.5) is 0 Å². The summed E-state index contributed by atoms with van der Waals surface area (Å²) in [6, 6.07) is 12.3. The first-order valence-corrected chi connectivity index (χ1v) is 10.4. The van der Waals surface area contributed by atoms with Gasteiger partial charge in [0.05, 0.1) is 12.0 Å². The Morgan fingerprint density at radius 3 is 2.52 bits per heavy atom. The van der Waals surface area contributed by atoms with Gasteiger partial charge in [-0.1, -0.05) is 43.6 Å². The molecule has 0 saturated carbocycles. The molecule has 1 fully saturated rings. The van der Waals surface area contributed by atoms with Gasteiger partial charge in [-0.05, 0) is 60.8 Å². The molecule has 0 aliphatic carbocycles. The number of thioether (sulfide) groups is 1. The standard InChI is InChI=1S/C18H12Br2N2O3S2/c1-25-14-7-6-13(20)8-11(14)9-15-17(24)22(18(26)27-15)21-16(23)10-2-4-12(19)5-3-10/h2-9H,1H3,(H,21,23)/b15-9+. The predicted octanol–water partition coefficient (Wildman–Crippen LogP) is 4.77. The van der Waals surface area contributed by atoms with Gasteiger partial charge in [0.1, 0.15) is 5.75 Å². The third-order valence-electron chi connectivity index (χ3n) is 3.59. The van der Waals surface area contributed by atoms with Crippen LogP contribution in [0.5, 0.6) is 5.75 Å². The normalized spacial score (nSPS) is 15.4. The monoisotopic (exact) mass is 526 g/mol. The molecule has 0 spiro atoms. The number of halogens is 2. The maximum absolute atomic E-state index is 12.7. The second-order valence-electron chi connectivity index (χ2n) is 5.35. The van der Waals surface area contributed by atoms with E-state index in [2.05, 4.69) is 37.3 Å². The van der Waals surface area contributed by atoms with Crippen LogP contribution in [-0.2, 0) is 4.79 Å². The van der Waals surface area contributed by atoms with Crippen molar-refractivity contribution in [2.24, 2.45) is 0 Å². The predicted molar refractivity (Wildman–Crippen MR) is 117 cm³/mol. The second kappa shape index (κ2) is 8.55. The zero-order chi connectivity index (χ0) is 19.6. The Bertz CT molecular complexity index is 962. The van der Waals surface area contributed by atoms with Gasteiger partial charge in [-0.3, -0.25) is 15.0 Å². The lowest BCUT2D eigenvalue weighted by molar-refractivity contribution is -0.123. The van der Waals surface area contributed by atoms with Crippen LogP contribution in [0.1, 0.15) is 15.9 Å². The van der Waals surface area contributed by atoms with Gasteiger partial charge in [0.2, 0.25) is 0 Å². The molecule has 138 valence electrons. The molecule has 1 aliphatic rings. The number of hydrogen-bond donors (Lipinski definition) is 1. The van der Waals surface area contributed by atoms with Crippen molar-refractivity contribution in [3.8, 4) is 5.75 Å². The zero-order valence-corrected chi connectivity index (χ0v) is 18.7. The topological polar surface area (TPSA) is 58.6 Å². The summed E-state index contributed by atoms with van der Waals surface area (Å²) in [5, 5.41) is 1.08. The summed E-state index contributed by atoms with van der Waals surface area (Å²) in [5.41, 5.74) is 3.71. The molecule has 1 heterocycles. The molecular formula is C18H12Br2N2O3S2. The molecule has 1 saturated heterocycles. The molecule has 0 radical (unpaired) electrons. The molecule has 2 amide bonds. The number of rotatable bonds is 4. The Balaban J connectivity index is 1.82. The first kappa shape index (κ1) is 20.1. The van der Waals surface area contributed by atoms with Crippen LogP contribution in [-0.4, -0.2) is 28.3 Å². The Morgan fingerprint density at radius 1 is 1.19 bits per heavy atom. The number of amides is 2. The molecule has 5 nitrogen and oxygen atoms in total. The lowest BCUT2D eigenvalue weighted by atomic mass is 10.2. The number of carbonyl (C=O) groups excluding carboxylic acids is 2. The van der Waals surface area contributed by atoms with E-state index in [1.54, 1.807) is 43.5 Å². The van der Waals surface area contributed by atoms with Crippen LogP contribution < -0.4 is 10.2 Å². The first-order chi connectivity index (χ1) is 12.9. The molecule has 3 rings (SSSR count). The summed E-state index contributed by atoms with van der Waals surface area (Å²) in [5.74, 6) is -0.181. The molecule has 1 N–H and O–H groups in total. The van der Waals surface area contributed by atoms with Crippen molar-refractivity contribution in [2.45, 2.75) is 0 Å². The van der Waals surface area contributed by atoms with Crippen LogP contribution in [0.15, 0.2) is 56.3 Å². The highest BCUT2D eigenvalue weighted by Crippen LogP contribution is 2.34. The Labute approximate surface area is 182 Å². The third kappa shape index (κ3) is 4.60. The van der Waals surface area contributed by atoms with E-state index in [1.165, 1.54) is 0 Å². The minimum absolute atomic E-state index is 0.255. The number of methoxy groups -OCH3 is 1. The summed E-state index contributed by atoms with van der Waals surface area (Å²) in [6.45, 7) is 0. The molecule has 1 aliphatic heterocycles. The van der Waals surface area contributed by atoms with Crippen molar-refractivity contribution < 1.29 is 14.3 Å².